The van der Waals surface area contributed by atoms with Crippen molar-refractivity contribution in [2.45, 2.75) is 31.4 Å². The highest BCUT2D eigenvalue weighted by Crippen LogP contribution is 2.41. The van der Waals surface area contributed by atoms with Gasteiger partial charge in [0.1, 0.15) is 0 Å². The molecule has 1 aliphatic rings. The predicted octanol–water partition coefficient (Wildman–Crippen LogP) is 4.84. The van der Waals surface area contributed by atoms with Crippen molar-refractivity contribution in [1.82, 2.24) is 0 Å². The fourth-order valence-corrected chi connectivity index (χ4v) is 3.25. The van der Waals surface area contributed by atoms with Crippen molar-refractivity contribution in [3.8, 4) is 0 Å². The number of anilines is 1. The van der Waals surface area contributed by atoms with E-state index >= 15 is 0 Å². The Labute approximate surface area is 131 Å². The van der Waals surface area contributed by atoms with Gasteiger partial charge in [-0.3, -0.25) is 0 Å². The molecule has 0 radical (unpaired) electrons. The second-order valence-electron chi connectivity index (χ2n) is 5.62. The van der Waals surface area contributed by atoms with Crippen molar-refractivity contribution in [1.29, 1.82) is 0 Å². The number of hydrogen-bond donors (Lipinski definition) is 1. The van der Waals surface area contributed by atoms with Crippen molar-refractivity contribution in [2.24, 2.45) is 0 Å². The van der Waals surface area contributed by atoms with Gasteiger partial charge < -0.3 is 10.1 Å². The molecule has 0 spiro atoms. The van der Waals surface area contributed by atoms with E-state index < -0.39 is 0 Å². The van der Waals surface area contributed by atoms with E-state index in [1.807, 2.05) is 18.2 Å². The van der Waals surface area contributed by atoms with Crippen LogP contribution in [0.15, 0.2) is 48.5 Å². The van der Waals surface area contributed by atoms with Crippen LogP contribution < -0.4 is 5.32 Å². The zero-order valence-electron chi connectivity index (χ0n) is 12.2. The van der Waals surface area contributed by atoms with Crippen LogP contribution in [0.5, 0.6) is 0 Å². The van der Waals surface area contributed by atoms with Crippen LogP contribution in [0.3, 0.4) is 0 Å². The number of ether oxygens (including phenoxy) is 1. The summed E-state index contributed by atoms with van der Waals surface area (Å²) in [4.78, 5) is 0. The lowest BCUT2D eigenvalue weighted by Gasteiger charge is -2.37. The minimum Gasteiger partial charge on any atom is -0.382 e. The molecule has 0 aliphatic heterocycles. The van der Waals surface area contributed by atoms with Gasteiger partial charge in [-0.25, -0.2) is 0 Å². The lowest BCUT2D eigenvalue weighted by atomic mass is 9.75. The molecule has 0 bridgehead atoms. The minimum absolute atomic E-state index is 0.518. The molecule has 110 valence electrons. The van der Waals surface area contributed by atoms with Crippen molar-refractivity contribution in [3.63, 3.8) is 0 Å². The Kier molecular flexibility index (Phi) is 4.47. The quantitative estimate of drug-likeness (QED) is 0.853. The van der Waals surface area contributed by atoms with E-state index in [1.165, 1.54) is 16.8 Å². The molecule has 0 atom stereocenters. The first-order chi connectivity index (χ1) is 10.3. The van der Waals surface area contributed by atoms with E-state index in [0.717, 1.165) is 17.9 Å². The predicted molar refractivity (Wildman–Crippen MR) is 88.0 cm³/mol. The number of para-hydroxylation sites is 1. The SMILES string of the molecule is COCc1ccccc1NC1CC(c2ccccc2Cl)C1. The maximum atomic E-state index is 6.27. The van der Waals surface area contributed by atoms with Crippen LogP contribution in [0.1, 0.15) is 29.9 Å². The minimum atomic E-state index is 0.518. The third kappa shape index (κ3) is 3.22. The lowest BCUT2D eigenvalue weighted by Crippen LogP contribution is -2.34. The van der Waals surface area contributed by atoms with Gasteiger partial charge in [-0.05, 0) is 36.5 Å². The van der Waals surface area contributed by atoms with Crippen LogP contribution >= 0.6 is 11.6 Å². The zero-order valence-corrected chi connectivity index (χ0v) is 12.9. The molecule has 0 aromatic heterocycles. The number of halogens is 1. The summed E-state index contributed by atoms with van der Waals surface area (Å²) in [7, 11) is 1.73. The van der Waals surface area contributed by atoms with Crippen LogP contribution in [-0.2, 0) is 11.3 Å². The summed E-state index contributed by atoms with van der Waals surface area (Å²) in [6.45, 7) is 0.643. The van der Waals surface area contributed by atoms with Gasteiger partial charge in [-0.2, -0.15) is 0 Å². The topological polar surface area (TPSA) is 21.3 Å². The summed E-state index contributed by atoms with van der Waals surface area (Å²) in [5, 5.41) is 4.52. The molecule has 1 aliphatic carbocycles. The Morgan fingerprint density at radius 3 is 2.57 bits per heavy atom. The van der Waals surface area contributed by atoms with E-state index in [-0.39, 0.29) is 0 Å². The third-order valence-corrected chi connectivity index (χ3v) is 4.50. The van der Waals surface area contributed by atoms with E-state index in [0.29, 0.717) is 18.6 Å². The number of methoxy groups -OCH3 is 1. The zero-order chi connectivity index (χ0) is 14.7. The molecule has 0 unspecified atom stereocenters. The number of benzene rings is 2. The number of rotatable bonds is 5. The molecule has 3 heteroatoms. The first-order valence-corrected chi connectivity index (χ1v) is 7.73. The normalized spacial score (nSPS) is 20.9. The standard InChI is InChI=1S/C18H20ClNO/c1-21-12-13-6-2-5-9-18(13)20-15-10-14(11-15)16-7-3-4-8-17(16)19/h2-9,14-15,20H,10-12H2,1H3. The van der Waals surface area contributed by atoms with Crippen molar-refractivity contribution >= 4 is 17.3 Å². The first kappa shape index (κ1) is 14.4. The van der Waals surface area contributed by atoms with Gasteiger partial charge in [0.2, 0.25) is 0 Å². The number of hydrogen-bond acceptors (Lipinski definition) is 2. The van der Waals surface area contributed by atoms with Crippen molar-refractivity contribution < 1.29 is 4.74 Å². The fraction of sp³-hybridized carbons (Fsp3) is 0.333. The number of nitrogens with one attached hydrogen (secondary N) is 1. The van der Waals surface area contributed by atoms with E-state index in [4.69, 9.17) is 16.3 Å². The third-order valence-electron chi connectivity index (χ3n) is 4.16. The molecule has 0 heterocycles. The maximum Gasteiger partial charge on any atom is 0.0733 e. The average molecular weight is 302 g/mol. The van der Waals surface area contributed by atoms with E-state index in [1.54, 1.807) is 7.11 Å². The van der Waals surface area contributed by atoms with Gasteiger partial charge in [-0.1, -0.05) is 48.0 Å². The Hall–Kier alpha value is -1.51. The molecular weight excluding hydrogens is 282 g/mol. The Balaban J connectivity index is 1.62. The van der Waals surface area contributed by atoms with E-state index in [2.05, 4.69) is 35.6 Å². The highest BCUT2D eigenvalue weighted by molar-refractivity contribution is 6.31. The molecule has 0 saturated heterocycles. The molecule has 0 amide bonds. The molecule has 1 saturated carbocycles. The second kappa shape index (κ2) is 6.50. The summed E-state index contributed by atoms with van der Waals surface area (Å²) < 4.78 is 5.25. The highest BCUT2D eigenvalue weighted by atomic mass is 35.5. The maximum absolute atomic E-state index is 6.27. The Bertz CT molecular complexity index is 608. The summed E-state index contributed by atoms with van der Waals surface area (Å²) in [5.74, 6) is 0.575. The average Bonchev–Trinajstić information content (AvgIpc) is 2.45. The Morgan fingerprint density at radius 1 is 1.10 bits per heavy atom. The monoisotopic (exact) mass is 301 g/mol. The van der Waals surface area contributed by atoms with Gasteiger partial charge >= 0.3 is 0 Å². The van der Waals surface area contributed by atoms with Crippen LogP contribution in [0.25, 0.3) is 0 Å². The molecule has 2 aromatic carbocycles. The van der Waals surface area contributed by atoms with E-state index in [9.17, 15) is 0 Å². The second-order valence-corrected chi connectivity index (χ2v) is 6.03. The van der Waals surface area contributed by atoms with Gasteiger partial charge in [0.15, 0.2) is 0 Å². The van der Waals surface area contributed by atoms with Gasteiger partial charge in [-0.15, -0.1) is 0 Å². The lowest BCUT2D eigenvalue weighted by molar-refractivity contribution is 0.185. The van der Waals surface area contributed by atoms with Crippen LogP contribution in [0, 0.1) is 0 Å². The first-order valence-electron chi connectivity index (χ1n) is 7.35. The highest BCUT2D eigenvalue weighted by Gasteiger charge is 2.31. The van der Waals surface area contributed by atoms with Gasteiger partial charge in [0.25, 0.3) is 0 Å². The molecule has 1 fully saturated rings. The van der Waals surface area contributed by atoms with Gasteiger partial charge in [0.05, 0.1) is 6.61 Å². The largest absolute Gasteiger partial charge is 0.382 e. The smallest absolute Gasteiger partial charge is 0.0733 e. The molecule has 2 nitrogen and oxygen atoms in total. The summed E-state index contributed by atoms with van der Waals surface area (Å²) in [6, 6.07) is 17.0. The van der Waals surface area contributed by atoms with Crippen molar-refractivity contribution in [2.75, 3.05) is 12.4 Å². The van der Waals surface area contributed by atoms with Crippen molar-refractivity contribution in [3.05, 3.63) is 64.7 Å². The molecule has 2 aromatic rings. The Morgan fingerprint density at radius 2 is 1.81 bits per heavy atom. The van der Waals surface area contributed by atoms with Crippen LogP contribution in [-0.4, -0.2) is 13.2 Å². The van der Waals surface area contributed by atoms with Gasteiger partial charge in [0, 0.05) is 29.4 Å². The van der Waals surface area contributed by atoms with Crippen LogP contribution in [0.4, 0.5) is 5.69 Å². The van der Waals surface area contributed by atoms with Crippen LogP contribution in [0.2, 0.25) is 5.02 Å². The summed E-state index contributed by atoms with van der Waals surface area (Å²) in [5.41, 5.74) is 3.67. The molecule has 21 heavy (non-hydrogen) atoms. The fourth-order valence-electron chi connectivity index (χ4n) is 2.96. The molecule has 3 rings (SSSR count). The molecular formula is C18H20ClNO. The summed E-state index contributed by atoms with van der Waals surface area (Å²) >= 11 is 6.27. The molecule has 1 N–H and O–H groups in total. The summed E-state index contributed by atoms with van der Waals surface area (Å²) in [6.07, 6.45) is 2.26.